The van der Waals surface area contributed by atoms with Gasteiger partial charge in [-0.15, -0.1) is 0 Å². The van der Waals surface area contributed by atoms with E-state index in [1.54, 1.807) is 0 Å². The van der Waals surface area contributed by atoms with Crippen LogP contribution in [0.15, 0.2) is 23.8 Å². The molecule has 3 fully saturated rings. The molecule has 0 aromatic rings. The lowest BCUT2D eigenvalue weighted by Crippen LogP contribution is -2.19. The standard InChI is InChI=1S/C20H31NO3/c21-20(24)7-3-4-13-10-15-12-19(23)16(17(15)11-13)8-9-18(22)14-5-1-2-6-14/h4,8-9,14-19,22-23H,1-3,5-7,10-12H2,(H2,21,24)/b9-8+,13-4+/t15-,16+,17-,18+,19+/m0/s1. The van der Waals surface area contributed by atoms with Gasteiger partial charge in [-0.3, -0.25) is 4.79 Å². The first-order valence-corrected chi connectivity index (χ1v) is 9.55. The first-order chi connectivity index (χ1) is 11.5. The SMILES string of the molecule is NC(=O)CC/C=C1\C[C@H]2C[C@@H](O)[C@H](/C=C/[C@@H](O)C3CCCC3)[C@H]2C1. The Balaban J connectivity index is 1.57. The van der Waals surface area contributed by atoms with Gasteiger partial charge in [0.1, 0.15) is 0 Å². The van der Waals surface area contributed by atoms with Crippen LogP contribution in [-0.4, -0.2) is 28.3 Å². The van der Waals surface area contributed by atoms with Crippen molar-refractivity contribution in [2.24, 2.45) is 29.4 Å². The van der Waals surface area contributed by atoms with Crippen LogP contribution in [0.4, 0.5) is 0 Å². The third kappa shape index (κ3) is 4.09. The van der Waals surface area contributed by atoms with Gasteiger partial charge in [-0.05, 0) is 56.3 Å². The smallest absolute Gasteiger partial charge is 0.217 e. The number of hydrogen-bond donors (Lipinski definition) is 3. The van der Waals surface area contributed by atoms with Gasteiger partial charge in [0, 0.05) is 12.3 Å². The summed E-state index contributed by atoms with van der Waals surface area (Å²) in [6.07, 6.45) is 14.3. The minimum Gasteiger partial charge on any atom is -0.392 e. The van der Waals surface area contributed by atoms with Crippen molar-refractivity contribution in [3.8, 4) is 0 Å². The molecule has 0 unspecified atom stereocenters. The normalized spacial score (nSPS) is 36.7. The number of rotatable bonds is 6. The van der Waals surface area contributed by atoms with Crippen LogP contribution in [0.25, 0.3) is 0 Å². The highest BCUT2D eigenvalue weighted by molar-refractivity contribution is 5.73. The monoisotopic (exact) mass is 333 g/mol. The quantitative estimate of drug-likeness (QED) is 0.654. The minimum absolute atomic E-state index is 0.160. The second-order valence-corrected chi connectivity index (χ2v) is 8.00. The molecule has 4 heteroatoms. The highest BCUT2D eigenvalue weighted by atomic mass is 16.3. The van der Waals surface area contributed by atoms with Crippen LogP contribution in [0.3, 0.4) is 0 Å². The average molecular weight is 333 g/mol. The molecular weight excluding hydrogens is 302 g/mol. The van der Waals surface area contributed by atoms with Crippen molar-refractivity contribution in [1.82, 2.24) is 0 Å². The first kappa shape index (κ1) is 17.7. The fraction of sp³-hybridized carbons (Fsp3) is 0.750. The van der Waals surface area contributed by atoms with Gasteiger partial charge in [0.2, 0.25) is 5.91 Å². The molecule has 0 bridgehead atoms. The Hall–Kier alpha value is -1.13. The van der Waals surface area contributed by atoms with Crippen molar-refractivity contribution < 1.29 is 15.0 Å². The summed E-state index contributed by atoms with van der Waals surface area (Å²) < 4.78 is 0. The summed E-state index contributed by atoms with van der Waals surface area (Å²) in [5.74, 6) is 1.34. The maximum atomic E-state index is 10.8. The Morgan fingerprint density at radius 2 is 2.04 bits per heavy atom. The van der Waals surface area contributed by atoms with E-state index in [1.165, 1.54) is 18.4 Å². The van der Waals surface area contributed by atoms with E-state index < -0.39 is 0 Å². The van der Waals surface area contributed by atoms with Gasteiger partial charge in [0.15, 0.2) is 0 Å². The molecule has 0 saturated heterocycles. The largest absolute Gasteiger partial charge is 0.392 e. The average Bonchev–Trinajstić information content (AvgIpc) is 3.21. The zero-order valence-electron chi connectivity index (χ0n) is 14.4. The van der Waals surface area contributed by atoms with Gasteiger partial charge in [-0.2, -0.15) is 0 Å². The Morgan fingerprint density at radius 3 is 2.75 bits per heavy atom. The predicted octanol–water partition coefficient (Wildman–Crippen LogP) is 2.69. The topological polar surface area (TPSA) is 83.6 Å². The number of fused-ring (bicyclic) bond motifs is 1. The molecule has 0 aromatic heterocycles. The van der Waals surface area contributed by atoms with Crippen LogP contribution < -0.4 is 5.73 Å². The van der Waals surface area contributed by atoms with E-state index >= 15 is 0 Å². The molecule has 3 aliphatic rings. The number of allylic oxidation sites excluding steroid dienone is 2. The molecule has 3 saturated carbocycles. The fourth-order valence-corrected chi connectivity index (χ4v) is 5.06. The van der Waals surface area contributed by atoms with E-state index in [9.17, 15) is 15.0 Å². The lowest BCUT2D eigenvalue weighted by molar-refractivity contribution is -0.117. The summed E-state index contributed by atoms with van der Waals surface area (Å²) in [7, 11) is 0. The highest BCUT2D eigenvalue weighted by Crippen LogP contribution is 2.50. The van der Waals surface area contributed by atoms with E-state index in [-0.39, 0.29) is 24.0 Å². The molecule has 4 N–H and O–H groups in total. The molecule has 134 valence electrons. The summed E-state index contributed by atoms with van der Waals surface area (Å²) >= 11 is 0. The lowest BCUT2D eigenvalue weighted by Gasteiger charge is -2.19. The minimum atomic E-state index is -0.356. The van der Waals surface area contributed by atoms with Crippen LogP contribution in [0.2, 0.25) is 0 Å². The van der Waals surface area contributed by atoms with Gasteiger partial charge in [0.25, 0.3) is 0 Å². The van der Waals surface area contributed by atoms with Crippen molar-refractivity contribution in [3.63, 3.8) is 0 Å². The van der Waals surface area contributed by atoms with E-state index in [1.807, 2.05) is 6.08 Å². The molecule has 3 rings (SSSR count). The van der Waals surface area contributed by atoms with Crippen LogP contribution in [0.1, 0.15) is 57.8 Å². The number of amides is 1. The van der Waals surface area contributed by atoms with Crippen molar-refractivity contribution in [3.05, 3.63) is 23.8 Å². The molecule has 0 heterocycles. The molecule has 0 aromatic carbocycles. The zero-order chi connectivity index (χ0) is 17.1. The van der Waals surface area contributed by atoms with Crippen molar-refractivity contribution in [1.29, 1.82) is 0 Å². The molecule has 5 atom stereocenters. The number of carbonyl (C=O) groups excluding carboxylic acids is 1. The Bertz CT molecular complexity index is 507. The summed E-state index contributed by atoms with van der Waals surface area (Å²) in [6.45, 7) is 0. The fourth-order valence-electron chi connectivity index (χ4n) is 5.06. The number of aliphatic hydroxyl groups excluding tert-OH is 2. The zero-order valence-corrected chi connectivity index (χ0v) is 14.4. The summed E-state index contributed by atoms with van der Waals surface area (Å²) in [4.78, 5) is 10.8. The van der Waals surface area contributed by atoms with Gasteiger partial charge in [-0.1, -0.05) is 36.6 Å². The van der Waals surface area contributed by atoms with E-state index in [4.69, 9.17) is 5.73 Å². The van der Waals surface area contributed by atoms with E-state index in [0.29, 0.717) is 24.2 Å². The van der Waals surface area contributed by atoms with Crippen LogP contribution in [0.5, 0.6) is 0 Å². The Morgan fingerprint density at radius 1 is 1.29 bits per heavy atom. The van der Waals surface area contributed by atoms with E-state index in [0.717, 1.165) is 38.5 Å². The molecular formula is C20H31NO3. The maximum Gasteiger partial charge on any atom is 0.217 e. The van der Waals surface area contributed by atoms with Crippen LogP contribution in [-0.2, 0) is 4.79 Å². The number of hydrogen-bond acceptors (Lipinski definition) is 3. The van der Waals surface area contributed by atoms with Crippen molar-refractivity contribution in [2.45, 2.75) is 70.0 Å². The van der Waals surface area contributed by atoms with Gasteiger partial charge >= 0.3 is 0 Å². The van der Waals surface area contributed by atoms with Crippen LogP contribution in [0, 0.1) is 23.7 Å². The molecule has 0 radical (unpaired) electrons. The molecule has 3 aliphatic carbocycles. The maximum absolute atomic E-state index is 10.8. The first-order valence-electron chi connectivity index (χ1n) is 9.55. The molecule has 4 nitrogen and oxygen atoms in total. The summed E-state index contributed by atoms with van der Waals surface area (Å²) in [5, 5.41) is 20.7. The number of primary amides is 1. The van der Waals surface area contributed by atoms with E-state index in [2.05, 4.69) is 12.2 Å². The highest BCUT2D eigenvalue weighted by Gasteiger charge is 2.45. The molecule has 1 amide bonds. The van der Waals surface area contributed by atoms with Crippen LogP contribution >= 0.6 is 0 Å². The predicted molar refractivity (Wildman–Crippen MR) is 93.9 cm³/mol. The van der Waals surface area contributed by atoms with Crippen molar-refractivity contribution in [2.75, 3.05) is 0 Å². The third-order valence-electron chi connectivity index (χ3n) is 6.35. The summed E-state index contributed by atoms with van der Waals surface area (Å²) in [6, 6.07) is 0. The number of aliphatic hydroxyl groups is 2. The van der Waals surface area contributed by atoms with Gasteiger partial charge < -0.3 is 15.9 Å². The van der Waals surface area contributed by atoms with Gasteiger partial charge in [-0.25, -0.2) is 0 Å². The Kier molecular flexibility index (Phi) is 5.77. The molecule has 0 aliphatic heterocycles. The second kappa shape index (κ2) is 7.83. The molecule has 0 spiro atoms. The van der Waals surface area contributed by atoms with Gasteiger partial charge in [0.05, 0.1) is 12.2 Å². The molecule has 24 heavy (non-hydrogen) atoms. The third-order valence-corrected chi connectivity index (χ3v) is 6.35. The lowest BCUT2D eigenvalue weighted by atomic mass is 9.89. The second-order valence-electron chi connectivity index (χ2n) is 8.00. The Labute approximate surface area is 144 Å². The van der Waals surface area contributed by atoms with Crippen molar-refractivity contribution >= 4 is 5.91 Å². The number of carbonyl (C=O) groups is 1. The number of nitrogens with two attached hydrogens (primary N) is 1. The summed E-state index contributed by atoms with van der Waals surface area (Å²) in [5.41, 5.74) is 6.60.